The van der Waals surface area contributed by atoms with Crippen LogP contribution in [0.2, 0.25) is 0 Å². The van der Waals surface area contributed by atoms with Gasteiger partial charge in [0, 0.05) is 12.4 Å². The number of pyridine rings is 1. The van der Waals surface area contributed by atoms with Gasteiger partial charge in [0.1, 0.15) is 12.2 Å². The minimum absolute atomic E-state index is 0.293. The molecule has 0 aliphatic carbocycles. The molecule has 2 heterocycles. The third-order valence-electron chi connectivity index (χ3n) is 3.86. The molecule has 5 nitrogen and oxygen atoms in total. The number of hydrogen-bond acceptors (Lipinski definition) is 4. The van der Waals surface area contributed by atoms with Crippen molar-refractivity contribution >= 4 is 6.09 Å². The van der Waals surface area contributed by atoms with E-state index < -0.39 is 12.2 Å². The molecule has 2 aromatic rings. The Bertz CT molecular complexity index is 673. The number of nitrogens with zero attached hydrogens (tertiary/aromatic N) is 1. The predicted molar refractivity (Wildman–Crippen MR) is 82.2 cm³/mol. The van der Waals surface area contributed by atoms with E-state index in [1.54, 1.807) is 19.3 Å². The van der Waals surface area contributed by atoms with Crippen LogP contribution in [0.25, 0.3) is 11.1 Å². The molecule has 0 spiro atoms. The third kappa shape index (κ3) is 2.94. The van der Waals surface area contributed by atoms with E-state index in [1.165, 1.54) is 5.56 Å². The lowest BCUT2D eigenvalue weighted by atomic mass is 9.91. The average Bonchev–Trinajstić information content (AvgIpc) is 2.54. The van der Waals surface area contributed by atoms with Crippen LogP contribution in [0.5, 0.6) is 0 Å². The summed E-state index contributed by atoms with van der Waals surface area (Å²) in [5.41, 5.74) is 9.56. The molecule has 1 amide bonds. The molecule has 1 aliphatic rings. The Balaban J connectivity index is 1.96. The molecule has 22 heavy (non-hydrogen) atoms. The van der Waals surface area contributed by atoms with E-state index in [9.17, 15) is 4.79 Å². The van der Waals surface area contributed by atoms with Crippen molar-refractivity contribution in [2.75, 3.05) is 6.61 Å². The highest BCUT2D eigenvalue weighted by atomic mass is 16.6. The summed E-state index contributed by atoms with van der Waals surface area (Å²) in [6.07, 6.45) is 2.88. The number of carbonyl (C=O) groups is 1. The lowest BCUT2D eigenvalue weighted by Crippen LogP contribution is -2.30. The van der Waals surface area contributed by atoms with Gasteiger partial charge in [-0.1, -0.05) is 12.1 Å². The molecule has 0 saturated heterocycles. The molecule has 0 radical (unpaired) electrons. The second-order valence-electron chi connectivity index (χ2n) is 5.33. The number of rotatable bonds is 3. The first-order valence-electron chi connectivity index (χ1n) is 7.26. The molecule has 3 rings (SSSR count). The standard InChI is InChI=1S/C17H18N2O3/c1-11(22-17(18)20)16-15-10-14(12-4-7-19-8-5-12)3-2-13(15)6-9-21-16/h2-5,7-8,10-11,16H,6,9H2,1H3,(H2,18,20). The number of ether oxygens (including phenoxy) is 2. The topological polar surface area (TPSA) is 74.4 Å². The minimum Gasteiger partial charge on any atom is -0.444 e. The van der Waals surface area contributed by atoms with Crippen LogP contribution in [0.3, 0.4) is 0 Å². The summed E-state index contributed by atoms with van der Waals surface area (Å²) >= 11 is 0. The van der Waals surface area contributed by atoms with Crippen molar-refractivity contribution in [3.63, 3.8) is 0 Å². The molecule has 5 heteroatoms. The maximum atomic E-state index is 11.0. The van der Waals surface area contributed by atoms with Crippen LogP contribution in [0.15, 0.2) is 42.7 Å². The zero-order valence-electron chi connectivity index (χ0n) is 12.4. The van der Waals surface area contributed by atoms with Crippen molar-refractivity contribution in [3.05, 3.63) is 53.9 Å². The number of benzene rings is 1. The maximum absolute atomic E-state index is 11.0. The lowest BCUT2D eigenvalue weighted by Gasteiger charge is -2.30. The Kier molecular flexibility index (Phi) is 4.06. The number of hydrogen-bond donors (Lipinski definition) is 1. The molecule has 1 aromatic heterocycles. The van der Waals surface area contributed by atoms with Gasteiger partial charge in [-0.15, -0.1) is 0 Å². The second kappa shape index (κ2) is 6.15. The Morgan fingerprint density at radius 1 is 1.32 bits per heavy atom. The van der Waals surface area contributed by atoms with Gasteiger partial charge in [-0.05, 0) is 53.8 Å². The summed E-state index contributed by atoms with van der Waals surface area (Å²) in [6, 6.07) is 10.2. The lowest BCUT2D eigenvalue weighted by molar-refractivity contribution is -0.0432. The first kappa shape index (κ1) is 14.5. The Morgan fingerprint density at radius 2 is 2.09 bits per heavy atom. The quantitative estimate of drug-likeness (QED) is 0.945. The number of amides is 1. The molecule has 0 bridgehead atoms. The van der Waals surface area contributed by atoms with Gasteiger partial charge in [0.2, 0.25) is 0 Å². The summed E-state index contributed by atoms with van der Waals surface area (Å²) in [4.78, 5) is 15.0. The zero-order valence-corrected chi connectivity index (χ0v) is 12.4. The van der Waals surface area contributed by atoms with Crippen molar-refractivity contribution in [2.24, 2.45) is 5.73 Å². The molecule has 2 N–H and O–H groups in total. The largest absolute Gasteiger partial charge is 0.444 e. The smallest absolute Gasteiger partial charge is 0.404 e. The van der Waals surface area contributed by atoms with Gasteiger partial charge in [-0.3, -0.25) is 4.98 Å². The normalized spacial score (nSPS) is 18.3. The molecule has 0 fully saturated rings. The van der Waals surface area contributed by atoms with Gasteiger partial charge in [0.15, 0.2) is 0 Å². The Labute approximate surface area is 129 Å². The van der Waals surface area contributed by atoms with Crippen molar-refractivity contribution in [3.8, 4) is 11.1 Å². The molecule has 0 saturated carbocycles. The minimum atomic E-state index is -0.784. The molecule has 2 atom stereocenters. The van der Waals surface area contributed by atoms with Crippen LogP contribution in [0, 0.1) is 0 Å². The van der Waals surface area contributed by atoms with Crippen molar-refractivity contribution < 1.29 is 14.3 Å². The number of fused-ring (bicyclic) bond motifs is 1. The fourth-order valence-corrected chi connectivity index (χ4v) is 2.83. The van der Waals surface area contributed by atoms with Gasteiger partial charge in [-0.2, -0.15) is 0 Å². The first-order chi connectivity index (χ1) is 10.6. The summed E-state index contributed by atoms with van der Waals surface area (Å²) in [6.45, 7) is 2.41. The highest BCUT2D eigenvalue weighted by molar-refractivity contribution is 5.66. The van der Waals surface area contributed by atoms with Gasteiger partial charge in [-0.25, -0.2) is 4.79 Å². The fourth-order valence-electron chi connectivity index (χ4n) is 2.83. The molecule has 1 aromatic carbocycles. The van der Waals surface area contributed by atoms with Gasteiger partial charge >= 0.3 is 6.09 Å². The zero-order chi connectivity index (χ0) is 15.5. The molecular weight excluding hydrogens is 280 g/mol. The number of primary amides is 1. The molecule has 2 unspecified atom stereocenters. The van der Waals surface area contributed by atoms with Crippen molar-refractivity contribution in [1.29, 1.82) is 0 Å². The van der Waals surface area contributed by atoms with Crippen LogP contribution in [-0.4, -0.2) is 23.8 Å². The first-order valence-corrected chi connectivity index (χ1v) is 7.26. The Hall–Kier alpha value is -2.40. The SMILES string of the molecule is CC(OC(N)=O)C1OCCc2ccc(-c3ccncc3)cc21. The third-order valence-corrected chi connectivity index (χ3v) is 3.86. The van der Waals surface area contributed by atoms with Gasteiger partial charge in [0.05, 0.1) is 6.61 Å². The van der Waals surface area contributed by atoms with Crippen LogP contribution in [-0.2, 0) is 15.9 Å². The summed E-state index contributed by atoms with van der Waals surface area (Å²) in [7, 11) is 0. The Morgan fingerprint density at radius 3 is 2.82 bits per heavy atom. The average molecular weight is 298 g/mol. The van der Waals surface area contributed by atoms with Crippen LogP contribution < -0.4 is 5.73 Å². The molecular formula is C17H18N2O3. The monoisotopic (exact) mass is 298 g/mol. The second-order valence-corrected chi connectivity index (χ2v) is 5.33. The van der Waals surface area contributed by atoms with Gasteiger partial charge < -0.3 is 15.2 Å². The molecule has 114 valence electrons. The van der Waals surface area contributed by atoms with E-state index in [4.69, 9.17) is 15.2 Å². The van der Waals surface area contributed by atoms with Crippen LogP contribution in [0.4, 0.5) is 4.79 Å². The summed E-state index contributed by atoms with van der Waals surface area (Å²) in [5, 5.41) is 0. The molecule has 1 aliphatic heterocycles. The van der Waals surface area contributed by atoms with Gasteiger partial charge in [0.25, 0.3) is 0 Å². The van der Waals surface area contributed by atoms with E-state index in [0.29, 0.717) is 6.61 Å². The highest BCUT2D eigenvalue weighted by Crippen LogP contribution is 2.34. The fraction of sp³-hybridized carbons (Fsp3) is 0.294. The number of carbonyl (C=O) groups excluding carboxylic acids is 1. The predicted octanol–water partition coefficient (Wildman–Crippen LogP) is 2.85. The van der Waals surface area contributed by atoms with E-state index in [1.807, 2.05) is 12.1 Å². The number of nitrogens with two attached hydrogens (primary N) is 1. The van der Waals surface area contributed by atoms with E-state index in [0.717, 1.165) is 23.1 Å². The van der Waals surface area contributed by atoms with Crippen molar-refractivity contribution in [1.82, 2.24) is 4.98 Å². The van der Waals surface area contributed by atoms with E-state index in [-0.39, 0.29) is 6.10 Å². The maximum Gasteiger partial charge on any atom is 0.404 e. The highest BCUT2D eigenvalue weighted by Gasteiger charge is 2.28. The van der Waals surface area contributed by atoms with E-state index >= 15 is 0 Å². The summed E-state index contributed by atoms with van der Waals surface area (Å²) in [5.74, 6) is 0. The number of aromatic nitrogens is 1. The van der Waals surface area contributed by atoms with Crippen LogP contribution in [0.1, 0.15) is 24.2 Å². The van der Waals surface area contributed by atoms with Crippen LogP contribution >= 0.6 is 0 Å². The van der Waals surface area contributed by atoms with Crippen molar-refractivity contribution in [2.45, 2.75) is 25.6 Å². The summed E-state index contributed by atoms with van der Waals surface area (Å²) < 4.78 is 10.9. The van der Waals surface area contributed by atoms with E-state index in [2.05, 4.69) is 23.2 Å².